The second-order valence-corrected chi connectivity index (χ2v) is 5.07. The van der Waals surface area contributed by atoms with Gasteiger partial charge in [0, 0.05) is 10.3 Å². The molecular weight excluding hydrogens is 236 g/mol. The zero-order chi connectivity index (χ0) is 11.6. The van der Waals surface area contributed by atoms with E-state index in [0.29, 0.717) is 5.02 Å². The lowest BCUT2D eigenvalue weighted by molar-refractivity contribution is -0.153. The average Bonchev–Trinajstić information content (AvgIpc) is 2.62. The highest BCUT2D eigenvalue weighted by molar-refractivity contribution is 7.10. The molecule has 1 aromatic rings. The summed E-state index contributed by atoms with van der Waals surface area (Å²) in [6.07, 6.45) is -1.21. The molecule has 0 radical (unpaired) electrons. The molecule has 0 aliphatic heterocycles. The maximum Gasteiger partial charge on any atom is 0.335 e. The number of aliphatic hydroxyl groups is 1. The minimum Gasteiger partial charge on any atom is -0.467 e. The zero-order valence-corrected chi connectivity index (χ0v) is 10.4. The molecular formula is C10H13ClO3S. The summed E-state index contributed by atoms with van der Waals surface area (Å²) in [4.78, 5) is 12.0. The number of thiophene rings is 1. The lowest BCUT2D eigenvalue weighted by Crippen LogP contribution is -2.40. The van der Waals surface area contributed by atoms with E-state index >= 15 is 0 Å². The SMILES string of the molecule is COC(=O)C(O)C(C)(C)c1sccc1Cl. The molecule has 84 valence electrons. The minimum absolute atomic E-state index is 0.563. The monoisotopic (exact) mass is 248 g/mol. The van der Waals surface area contributed by atoms with Crippen LogP contribution in [-0.4, -0.2) is 24.3 Å². The van der Waals surface area contributed by atoms with Crippen molar-refractivity contribution in [2.24, 2.45) is 0 Å². The van der Waals surface area contributed by atoms with Crippen LogP contribution in [0.25, 0.3) is 0 Å². The van der Waals surface area contributed by atoms with E-state index in [1.54, 1.807) is 19.9 Å². The van der Waals surface area contributed by atoms with Crippen LogP contribution in [0.1, 0.15) is 18.7 Å². The first-order valence-electron chi connectivity index (χ1n) is 4.40. The fourth-order valence-corrected chi connectivity index (χ4v) is 2.73. The van der Waals surface area contributed by atoms with Crippen molar-refractivity contribution in [3.63, 3.8) is 0 Å². The first kappa shape index (κ1) is 12.5. The molecule has 1 aromatic heterocycles. The fraction of sp³-hybridized carbons (Fsp3) is 0.500. The van der Waals surface area contributed by atoms with Gasteiger partial charge in [-0.1, -0.05) is 25.4 Å². The Hall–Kier alpha value is -0.580. The second-order valence-electron chi connectivity index (χ2n) is 3.75. The van der Waals surface area contributed by atoms with Crippen molar-refractivity contribution >= 4 is 28.9 Å². The van der Waals surface area contributed by atoms with Gasteiger partial charge in [0.15, 0.2) is 6.10 Å². The van der Waals surface area contributed by atoms with Gasteiger partial charge >= 0.3 is 5.97 Å². The summed E-state index contributed by atoms with van der Waals surface area (Å²) in [5.41, 5.74) is -0.738. The first-order chi connectivity index (χ1) is 6.91. The smallest absolute Gasteiger partial charge is 0.335 e. The lowest BCUT2D eigenvalue weighted by atomic mass is 9.85. The molecule has 0 saturated carbocycles. The van der Waals surface area contributed by atoms with Gasteiger partial charge in [0.1, 0.15) is 0 Å². The van der Waals surface area contributed by atoms with Crippen molar-refractivity contribution < 1.29 is 14.6 Å². The van der Waals surface area contributed by atoms with E-state index in [9.17, 15) is 9.90 Å². The van der Waals surface area contributed by atoms with Gasteiger partial charge in [0.25, 0.3) is 0 Å². The van der Waals surface area contributed by atoms with Gasteiger partial charge in [-0.2, -0.15) is 0 Å². The molecule has 0 aliphatic rings. The van der Waals surface area contributed by atoms with Gasteiger partial charge in [-0.3, -0.25) is 0 Å². The number of halogens is 1. The molecule has 0 fully saturated rings. The van der Waals surface area contributed by atoms with Crippen LogP contribution in [-0.2, 0) is 14.9 Å². The highest BCUT2D eigenvalue weighted by atomic mass is 35.5. The molecule has 0 aliphatic carbocycles. The van der Waals surface area contributed by atoms with Crippen LogP contribution in [0.15, 0.2) is 11.4 Å². The number of rotatable bonds is 3. The summed E-state index contributed by atoms with van der Waals surface area (Å²) in [5.74, 6) is -0.649. The van der Waals surface area contributed by atoms with E-state index in [0.717, 1.165) is 4.88 Å². The van der Waals surface area contributed by atoms with Crippen LogP contribution < -0.4 is 0 Å². The highest BCUT2D eigenvalue weighted by Crippen LogP contribution is 2.37. The Kier molecular flexibility index (Phi) is 3.76. The summed E-state index contributed by atoms with van der Waals surface area (Å²) in [5, 5.41) is 12.2. The maximum absolute atomic E-state index is 11.3. The number of hydrogen-bond donors (Lipinski definition) is 1. The predicted octanol–water partition coefficient (Wildman–Crippen LogP) is 2.21. The molecule has 1 atom stereocenters. The van der Waals surface area contributed by atoms with Crippen LogP contribution in [0, 0.1) is 0 Å². The number of carbonyl (C=O) groups is 1. The van der Waals surface area contributed by atoms with E-state index in [1.807, 2.05) is 5.38 Å². The molecule has 1 unspecified atom stereocenters. The third-order valence-corrected chi connectivity index (χ3v) is 3.99. The standard InChI is InChI=1S/C10H13ClO3S/c1-10(2,7(12)9(13)14-3)8-6(11)4-5-15-8/h4-5,7,12H,1-3H3. The topological polar surface area (TPSA) is 46.5 Å². The van der Waals surface area contributed by atoms with Gasteiger partial charge in [-0.25, -0.2) is 4.79 Å². The number of aliphatic hydroxyl groups excluding tert-OH is 1. The predicted molar refractivity (Wildman–Crippen MR) is 60.4 cm³/mol. The number of methoxy groups -OCH3 is 1. The summed E-state index contributed by atoms with van der Waals surface area (Å²) < 4.78 is 4.51. The first-order valence-corrected chi connectivity index (χ1v) is 5.66. The third-order valence-electron chi connectivity index (χ3n) is 2.31. The highest BCUT2D eigenvalue weighted by Gasteiger charge is 2.38. The second kappa shape index (κ2) is 4.51. The molecule has 0 spiro atoms. The zero-order valence-electron chi connectivity index (χ0n) is 8.78. The lowest BCUT2D eigenvalue weighted by Gasteiger charge is -2.27. The quantitative estimate of drug-likeness (QED) is 0.835. The Balaban J connectivity index is 3.02. The number of ether oxygens (including phenoxy) is 1. The van der Waals surface area contributed by atoms with E-state index in [-0.39, 0.29) is 0 Å². The molecule has 0 saturated heterocycles. The molecule has 1 heterocycles. The van der Waals surface area contributed by atoms with E-state index in [4.69, 9.17) is 11.6 Å². The summed E-state index contributed by atoms with van der Waals surface area (Å²) in [7, 11) is 1.25. The van der Waals surface area contributed by atoms with E-state index in [1.165, 1.54) is 18.4 Å². The van der Waals surface area contributed by atoms with Crippen molar-refractivity contribution in [3.05, 3.63) is 21.3 Å². The van der Waals surface area contributed by atoms with Crippen LogP contribution >= 0.6 is 22.9 Å². The van der Waals surface area contributed by atoms with E-state index < -0.39 is 17.5 Å². The Labute approximate surface area is 97.6 Å². The van der Waals surface area contributed by atoms with Gasteiger partial charge in [0.05, 0.1) is 12.1 Å². The molecule has 1 N–H and O–H groups in total. The summed E-state index contributed by atoms with van der Waals surface area (Å²) in [6.45, 7) is 3.51. The van der Waals surface area contributed by atoms with Crippen LogP contribution in [0.2, 0.25) is 5.02 Å². The number of hydrogen-bond acceptors (Lipinski definition) is 4. The molecule has 5 heteroatoms. The fourth-order valence-electron chi connectivity index (χ4n) is 1.28. The van der Waals surface area contributed by atoms with Crippen molar-refractivity contribution in [2.45, 2.75) is 25.4 Å². The Morgan fingerprint density at radius 2 is 2.27 bits per heavy atom. The van der Waals surface area contributed by atoms with Gasteiger partial charge in [-0.05, 0) is 11.4 Å². The third kappa shape index (κ3) is 2.33. The average molecular weight is 249 g/mol. The van der Waals surface area contributed by atoms with Crippen molar-refractivity contribution in [2.75, 3.05) is 7.11 Å². The maximum atomic E-state index is 11.3. The largest absolute Gasteiger partial charge is 0.467 e. The van der Waals surface area contributed by atoms with Crippen LogP contribution in [0.3, 0.4) is 0 Å². The normalized spacial score (nSPS) is 13.7. The van der Waals surface area contributed by atoms with Gasteiger partial charge in [-0.15, -0.1) is 11.3 Å². The Morgan fingerprint density at radius 1 is 1.67 bits per heavy atom. The number of carbonyl (C=O) groups excluding carboxylic acids is 1. The van der Waals surface area contributed by atoms with Crippen molar-refractivity contribution in [1.82, 2.24) is 0 Å². The van der Waals surface area contributed by atoms with Crippen LogP contribution in [0.4, 0.5) is 0 Å². The number of esters is 1. The molecule has 0 amide bonds. The molecule has 0 bridgehead atoms. The van der Waals surface area contributed by atoms with Crippen molar-refractivity contribution in [3.8, 4) is 0 Å². The molecule has 0 aromatic carbocycles. The molecule has 3 nitrogen and oxygen atoms in total. The Bertz CT molecular complexity index is 359. The molecule has 15 heavy (non-hydrogen) atoms. The van der Waals surface area contributed by atoms with Gasteiger partial charge < -0.3 is 9.84 Å². The van der Waals surface area contributed by atoms with Crippen molar-refractivity contribution in [1.29, 1.82) is 0 Å². The van der Waals surface area contributed by atoms with E-state index in [2.05, 4.69) is 4.74 Å². The minimum atomic E-state index is -1.21. The summed E-state index contributed by atoms with van der Waals surface area (Å²) >= 11 is 7.38. The molecule has 1 rings (SSSR count). The summed E-state index contributed by atoms with van der Waals surface area (Å²) in [6, 6.07) is 1.74. The Morgan fingerprint density at radius 3 is 2.67 bits per heavy atom. The van der Waals surface area contributed by atoms with Crippen LogP contribution in [0.5, 0.6) is 0 Å². The van der Waals surface area contributed by atoms with Gasteiger partial charge in [0.2, 0.25) is 0 Å².